The number of rotatable bonds is 2. The van der Waals surface area contributed by atoms with E-state index in [1.807, 2.05) is 0 Å². The predicted molar refractivity (Wildman–Crippen MR) is 55.6 cm³/mol. The molecule has 2 nitrogen and oxygen atoms in total. The van der Waals surface area contributed by atoms with Gasteiger partial charge in [0, 0.05) is 5.39 Å². The van der Waals surface area contributed by atoms with Crippen LogP contribution in [0.25, 0.3) is 11.0 Å². The summed E-state index contributed by atoms with van der Waals surface area (Å²) in [7, 11) is 0. The first kappa shape index (κ1) is 11.7. The number of hydrogen-bond acceptors (Lipinski definition) is 2. The van der Waals surface area contributed by atoms with E-state index in [1.165, 1.54) is 25.1 Å². The van der Waals surface area contributed by atoms with Crippen LogP contribution in [0.5, 0.6) is 0 Å². The smallest absolute Gasteiger partial charge is 0.417 e. The minimum Gasteiger partial charge on any atom is -0.461 e. The van der Waals surface area contributed by atoms with Gasteiger partial charge in [-0.2, -0.15) is 13.2 Å². The van der Waals surface area contributed by atoms with Crippen LogP contribution in [0.15, 0.2) is 28.7 Å². The Kier molecular flexibility index (Phi) is 2.69. The number of hydrogen-bond donors (Lipinski definition) is 0. The monoisotopic (exact) mass is 242 g/mol. The van der Waals surface area contributed by atoms with Crippen LogP contribution in [0.4, 0.5) is 13.2 Å². The van der Waals surface area contributed by atoms with Gasteiger partial charge in [0.15, 0.2) is 0 Å². The zero-order valence-corrected chi connectivity index (χ0v) is 8.97. The highest BCUT2D eigenvalue weighted by atomic mass is 19.4. The molecule has 0 N–H and O–H groups in total. The minimum absolute atomic E-state index is 0.00347. The van der Waals surface area contributed by atoms with Crippen LogP contribution in [-0.4, -0.2) is 5.78 Å². The quantitative estimate of drug-likeness (QED) is 0.805. The van der Waals surface area contributed by atoms with Crippen molar-refractivity contribution in [1.82, 2.24) is 0 Å². The highest BCUT2D eigenvalue weighted by Gasteiger charge is 2.33. The Hall–Kier alpha value is -1.78. The number of ketones is 1. The molecule has 5 heteroatoms. The van der Waals surface area contributed by atoms with Gasteiger partial charge in [-0.3, -0.25) is 4.79 Å². The Labute approximate surface area is 95.0 Å². The summed E-state index contributed by atoms with van der Waals surface area (Å²) in [5, 5.41) is -0.00347. The molecule has 2 rings (SSSR count). The standard InChI is InChI=1S/C12H9F3O2/c1-7(16)5-8-6-9-10(12(13,14)15)3-2-4-11(9)17-8/h2-4,6H,5H2,1H3. The molecule has 17 heavy (non-hydrogen) atoms. The van der Waals surface area contributed by atoms with Crippen molar-refractivity contribution in [1.29, 1.82) is 0 Å². The number of benzene rings is 1. The Morgan fingerprint density at radius 1 is 1.35 bits per heavy atom. The molecule has 0 aliphatic rings. The summed E-state index contributed by atoms with van der Waals surface area (Å²) < 4.78 is 43.2. The van der Waals surface area contributed by atoms with E-state index in [1.54, 1.807) is 0 Å². The minimum atomic E-state index is -4.42. The first-order valence-electron chi connectivity index (χ1n) is 4.96. The third kappa shape index (κ3) is 2.33. The van der Waals surface area contributed by atoms with Crippen LogP contribution in [0, 0.1) is 0 Å². The molecule has 1 heterocycles. The van der Waals surface area contributed by atoms with Crippen molar-refractivity contribution >= 4 is 16.8 Å². The number of halogens is 3. The van der Waals surface area contributed by atoms with E-state index in [4.69, 9.17) is 4.42 Å². The lowest BCUT2D eigenvalue weighted by Crippen LogP contribution is -2.04. The van der Waals surface area contributed by atoms with Crippen molar-refractivity contribution in [3.8, 4) is 0 Å². The van der Waals surface area contributed by atoms with E-state index in [2.05, 4.69) is 0 Å². The first-order valence-corrected chi connectivity index (χ1v) is 4.96. The van der Waals surface area contributed by atoms with Gasteiger partial charge in [0.1, 0.15) is 17.1 Å². The van der Waals surface area contributed by atoms with Gasteiger partial charge in [0.2, 0.25) is 0 Å². The first-order chi connectivity index (χ1) is 7.88. The molecular weight excluding hydrogens is 233 g/mol. The molecule has 0 saturated heterocycles. The zero-order chi connectivity index (χ0) is 12.6. The number of carbonyl (C=O) groups is 1. The van der Waals surface area contributed by atoms with Crippen LogP contribution >= 0.6 is 0 Å². The van der Waals surface area contributed by atoms with Gasteiger partial charge >= 0.3 is 6.18 Å². The van der Waals surface area contributed by atoms with Crippen molar-refractivity contribution in [3.05, 3.63) is 35.6 Å². The van der Waals surface area contributed by atoms with E-state index in [9.17, 15) is 18.0 Å². The second-order valence-electron chi connectivity index (χ2n) is 3.81. The molecule has 1 aromatic heterocycles. The molecule has 0 aliphatic carbocycles. The van der Waals surface area contributed by atoms with Gasteiger partial charge in [0.25, 0.3) is 0 Å². The molecule has 0 radical (unpaired) electrons. The van der Waals surface area contributed by atoms with Crippen LogP contribution < -0.4 is 0 Å². The summed E-state index contributed by atoms with van der Waals surface area (Å²) in [5.74, 6) is 0.0989. The van der Waals surface area contributed by atoms with Gasteiger partial charge in [-0.15, -0.1) is 0 Å². The van der Waals surface area contributed by atoms with Crippen LogP contribution in [0.3, 0.4) is 0 Å². The predicted octanol–water partition coefficient (Wildman–Crippen LogP) is 3.58. The van der Waals surface area contributed by atoms with Gasteiger partial charge in [-0.25, -0.2) is 0 Å². The second-order valence-corrected chi connectivity index (χ2v) is 3.81. The SMILES string of the molecule is CC(=O)Cc1cc2c(C(F)(F)F)cccc2o1. The lowest BCUT2D eigenvalue weighted by Gasteiger charge is -2.06. The van der Waals surface area contributed by atoms with E-state index in [-0.39, 0.29) is 28.9 Å². The topological polar surface area (TPSA) is 30.2 Å². The molecule has 0 unspecified atom stereocenters. The van der Waals surface area contributed by atoms with Crippen LogP contribution in [-0.2, 0) is 17.4 Å². The molecule has 0 fully saturated rings. The van der Waals surface area contributed by atoms with Crippen LogP contribution in [0.2, 0.25) is 0 Å². The maximum Gasteiger partial charge on any atom is 0.417 e. The fourth-order valence-electron chi connectivity index (χ4n) is 1.69. The average molecular weight is 242 g/mol. The van der Waals surface area contributed by atoms with E-state index in [0.717, 1.165) is 6.07 Å². The molecule has 0 spiro atoms. The van der Waals surface area contributed by atoms with Gasteiger partial charge < -0.3 is 4.42 Å². The van der Waals surface area contributed by atoms with Crippen LogP contribution in [0.1, 0.15) is 18.2 Å². The summed E-state index contributed by atoms with van der Waals surface area (Å²) in [6, 6.07) is 5.01. The Morgan fingerprint density at radius 2 is 2.06 bits per heavy atom. The average Bonchev–Trinajstić information content (AvgIpc) is 2.55. The summed E-state index contributed by atoms with van der Waals surface area (Å²) in [4.78, 5) is 10.9. The molecule has 0 saturated carbocycles. The molecule has 0 atom stereocenters. The lowest BCUT2D eigenvalue weighted by molar-refractivity contribution is -0.136. The number of alkyl halides is 3. The van der Waals surface area contributed by atoms with Crippen molar-refractivity contribution < 1.29 is 22.4 Å². The summed E-state index contributed by atoms with van der Waals surface area (Å²) in [6.45, 7) is 1.36. The van der Waals surface area contributed by atoms with Gasteiger partial charge in [0.05, 0.1) is 12.0 Å². The number of furan rings is 1. The largest absolute Gasteiger partial charge is 0.461 e. The second kappa shape index (κ2) is 3.91. The zero-order valence-electron chi connectivity index (χ0n) is 8.97. The maximum atomic E-state index is 12.7. The van der Waals surface area contributed by atoms with Crippen molar-refractivity contribution in [3.63, 3.8) is 0 Å². The van der Waals surface area contributed by atoms with E-state index < -0.39 is 11.7 Å². The fourth-order valence-corrected chi connectivity index (χ4v) is 1.69. The van der Waals surface area contributed by atoms with Crippen molar-refractivity contribution in [2.24, 2.45) is 0 Å². The fraction of sp³-hybridized carbons (Fsp3) is 0.250. The molecule has 0 aliphatic heterocycles. The molecule has 1 aromatic carbocycles. The Bertz CT molecular complexity index is 567. The maximum absolute atomic E-state index is 12.7. The third-order valence-electron chi connectivity index (χ3n) is 2.34. The molecular formula is C12H9F3O2. The molecule has 90 valence electrons. The summed E-state index contributed by atoms with van der Waals surface area (Å²) >= 11 is 0. The normalized spacial score (nSPS) is 12.0. The van der Waals surface area contributed by atoms with Crippen molar-refractivity contribution in [2.45, 2.75) is 19.5 Å². The highest BCUT2D eigenvalue weighted by molar-refractivity contribution is 5.84. The number of fused-ring (bicyclic) bond motifs is 1. The number of Topliss-reactive ketones (excluding diaryl/α,β-unsaturated/α-hetero) is 1. The number of carbonyl (C=O) groups excluding carboxylic acids is 1. The highest BCUT2D eigenvalue weighted by Crippen LogP contribution is 2.35. The van der Waals surface area contributed by atoms with Gasteiger partial charge in [-0.1, -0.05) is 6.07 Å². The lowest BCUT2D eigenvalue weighted by atomic mass is 10.1. The molecule has 0 amide bonds. The molecule has 2 aromatic rings. The molecule has 0 bridgehead atoms. The van der Waals surface area contributed by atoms with Gasteiger partial charge in [-0.05, 0) is 25.1 Å². The van der Waals surface area contributed by atoms with E-state index >= 15 is 0 Å². The Morgan fingerprint density at radius 3 is 2.65 bits per heavy atom. The summed E-state index contributed by atoms with van der Waals surface area (Å²) in [5.41, 5.74) is -0.593. The van der Waals surface area contributed by atoms with E-state index in [0.29, 0.717) is 0 Å². The third-order valence-corrected chi connectivity index (χ3v) is 2.34. The Balaban J connectivity index is 2.57. The summed E-state index contributed by atoms with van der Waals surface area (Å²) in [6.07, 6.45) is -4.41. The van der Waals surface area contributed by atoms with Crippen molar-refractivity contribution in [2.75, 3.05) is 0 Å².